The quantitative estimate of drug-likeness (QED) is 0.477. The number of amides is 1. The normalized spacial score (nSPS) is 13.2. The van der Waals surface area contributed by atoms with Crippen LogP contribution in [0.15, 0.2) is 35.7 Å². The molecule has 1 amide bonds. The summed E-state index contributed by atoms with van der Waals surface area (Å²) >= 11 is 1.41. The van der Waals surface area contributed by atoms with E-state index in [0.29, 0.717) is 18.7 Å². The van der Waals surface area contributed by atoms with Crippen LogP contribution in [-0.4, -0.2) is 32.7 Å². The maximum Gasteiger partial charge on any atom is 0.269 e. The highest BCUT2D eigenvalue weighted by Crippen LogP contribution is 2.32. The number of hydrogen-bond donors (Lipinski definition) is 0. The Balaban J connectivity index is 1.70. The average Bonchev–Trinajstić information content (AvgIpc) is 3.18. The van der Waals surface area contributed by atoms with Gasteiger partial charge in [-0.2, -0.15) is 0 Å². The van der Waals surface area contributed by atoms with E-state index in [4.69, 9.17) is 0 Å². The van der Waals surface area contributed by atoms with Gasteiger partial charge in [-0.05, 0) is 25.0 Å². The van der Waals surface area contributed by atoms with E-state index in [-0.39, 0.29) is 11.6 Å². The first-order chi connectivity index (χ1) is 11.1. The van der Waals surface area contributed by atoms with Crippen LogP contribution in [0.4, 0.5) is 11.4 Å². The molecule has 120 valence electrons. The molecule has 8 heteroatoms. The summed E-state index contributed by atoms with van der Waals surface area (Å²) in [4.78, 5) is 28.8. The number of nitrogens with zero attached hydrogens (tertiary/aromatic N) is 4. The van der Waals surface area contributed by atoms with Gasteiger partial charge in [0, 0.05) is 43.3 Å². The third-order valence-corrected chi connectivity index (χ3v) is 4.80. The number of benzene rings is 1. The van der Waals surface area contributed by atoms with Crippen molar-refractivity contribution in [3.63, 3.8) is 0 Å². The van der Waals surface area contributed by atoms with Crippen molar-refractivity contribution in [2.75, 3.05) is 17.2 Å². The summed E-state index contributed by atoms with van der Waals surface area (Å²) in [6.07, 6.45) is 4.26. The van der Waals surface area contributed by atoms with Crippen LogP contribution in [-0.2, 0) is 17.8 Å². The summed E-state index contributed by atoms with van der Waals surface area (Å²) in [6.45, 7) is 3.40. The molecule has 0 N–H and O–H groups in total. The fourth-order valence-corrected chi connectivity index (χ4v) is 3.54. The first-order valence-electron chi connectivity index (χ1n) is 7.31. The van der Waals surface area contributed by atoms with E-state index >= 15 is 0 Å². The lowest BCUT2D eigenvalue weighted by Crippen LogP contribution is -2.30. The molecule has 0 aliphatic carbocycles. The highest BCUT2D eigenvalue weighted by Gasteiger charge is 2.26. The van der Waals surface area contributed by atoms with E-state index in [9.17, 15) is 14.9 Å². The van der Waals surface area contributed by atoms with Crippen molar-refractivity contribution in [1.29, 1.82) is 0 Å². The van der Waals surface area contributed by atoms with Crippen molar-refractivity contribution in [1.82, 2.24) is 9.55 Å². The number of anilines is 1. The lowest BCUT2D eigenvalue weighted by Gasteiger charge is -2.17. The molecule has 0 fully saturated rings. The molecule has 0 unspecified atom stereocenters. The molecule has 7 nitrogen and oxygen atoms in total. The number of nitro groups is 1. The van der Waals surface area contributed by atoms with E-state index in [1.165, 1.54) is 17.8 Å². The molecular weight excluding hydrogens is 316 g/mol. The third kappa shape index (κ3) is 3.07. The van der Waals surface area contributed by atoms with Gasteiger partial charge in [0.25, 0.3) is 5.69 Å². The Morgan fingerprint density at radius 3 is 3.04 bits per heavy atom. The van der Waals surface area contributed by atoms with Gasteiger partial charge in [-0.1, -0.05) is 11.8 Å². The van der Waals surface area contributed by atoms with Crippen LogP contribution in [0.25, 0.3) is 0 Å². The maximum atomic E-state index is 12.5. The second kappa shape index (κ2) is 6.41. The summed E-state index contributed by atoms with van der Waals surface area (Å²) in [6, 6.07) is 4.66. The van der Waals surface area contributed by atoms with Gasteiger partial charge in [-0.3, -0.25) is 14.9 Å². The van der Waals surface area contributed by atoms with Crippen molar-refractivity contribution in [2.24, 2.45) is 0 Å². The molecular formula is C15H16N4O3S. The second-order valence-electron chi connectivity index (χ2n) is 5.15. The Morgan fingerprint density at radius 2 is 2.30 bits per heavy atom. The predicted octanol–water partition coefficient (Wildman–Crippen LogP) is 2.49. The van der Waals surface area contributed by atoms with Crippen LogP contribution < -0.4 is 4.90 Å². The summed E-state index contributed by atoms with van der Waals surface area (Å²) in [5, 5.41) is 11.6. The minimum absolute atomic E-state index is 0.00624. The first-order valence-corrected chi connectivity index (χ1v) is 8.30. The zero-order valence-corrected chi connectivity index (χ0v) is 13.5. The minimum atomic E-state index is -0.412. The Morgan fingerprint density at radius 1 is 1.48 bits per heavy atom. The molecule has 1 aliphatic heterocycles. The highest BCUT2D eigenvalue weighted by atomic mass is 32.2. The second-order valence-corrected chi connectivity index (χ2v) is 6.09. The first kappa shape index (κ1) is 15.5. The Hall–Kier alpha value is -2.35. The Labute approximate surface area is 137 Å². The summed E-state index contributed by atoms with van der Waals surface area (Å²) in [7, 11) is 0. The zero-order valence-electron chi connectivity index (χ0n) is 12.6. The molecule has 0 atom stereocenters. The van der Waals surface area contributed by atoms with Crippen molar-refractivity contribution < 1.29 is 9.72 Å². The fourth-order valence-electron chi connectivity index (χ4n) is 2.64. The minimum Gasteiger partial charge on any atom is -0.326 e. The van der Waals surface area contributed by atoms with E-state index < -0.39 is 4.92 Å². The van der Waals surface area contributed by atoms with Crippen LogP contribution in [0, 0.1) is 10.1 Å². The van der Waals surface area contributed by atoms with E-state index in [1.54, 1.807) is 23.2 Å². The lowest BCUT2D eigenvalue weighted by atomic mass is 10.1. The predicted molar refractivity (Wildman–Crippen MR) is 87.8 cm³/mol. The molecule has 0 saturated heterocycles. The molecule has 2 heterocycles. The molecule has 23 heavy (non-hydrogen) atoms. The summed E-state index contributed by atoms with van der Waals surface area (Å²) < 4.78 is 1.99. The van der Waals surface area contributed by atoms with Gasteiger partial charge >= 0.3 is 0 Å². The van der Waals surface area contributed by atoms with Gasteiger partial charge in [0.2, 0.25) is 5.91 Å². The molecule has 0 radical (unpaired) electrons. The van der Waals surface area contributed by atoms with Crippen molar-refractivity contribution in [3.05, 3.63) is 46.3 Å². The number of nitro benzene ring substituents is 1. The average molecular weight is 332 g/mol. The number of imidazole rings is 1. The summed E-state index contributed by atoms with van der Waals surface area (Å²) in [5.74, 6) is 0.293. The standard InChI is InChI=1S/C15H16N4O3S/c1-2-17-8-6-16-15(17)23-10-14(20)18-7-5-11-9-12(19(21)22)3-4-13(11)18/h3-4,6,8-9H,2,5,7,10H2,1H3. The van der Waals surface area contributed by atoms with Crippen molar-refractivity contribution in [3.8, 4) is 0 Å². The molecule has 1 aliphatic rings. The van der Waals surface area contributed by atoms with Crippen LogP contribution in [0.2, 0.25) is 0 Å². The zero-order chi connectivity index (χ0) is 16.4. The molecule has 2 aromatic rings. The number of non-ortho nitro benzene ring substituents is 1. The maximum absolute atomic E-state index is 12.5. The van der Waals surface area contributed by atoms with Crippen LogP contribution in [0.5, 0.6) is 0 Å². The van der Waals surface area contributed by atoms with Gasteiger partial charge in [0.1, 0.15) is 0 Å². The summed E-state index contributed by atoms with van der Waals surface area (Å²) in [5.41, 5.74) is 1.70. The van der Waals surface area contributed by atoms with Crippen LogP contribution in [0.3, 0.4) is 0 Å². The smallest absolute Gasteiger partial charge is 0.269 e. The number of carbonyl (C=O) groups excluding carboxylic acids is 1. The molecule has 1 aromatic heterocycles. The number of hydrogen-bond acceptors (Lipinski definition) is 5. The monoisotopic (exact) mass is 332 g/mol. The lowest BCUT2D eigenvalue weighted by molar-refractivity contribution is -0.384. The Kier molecular flexibility index (Phi) is 4.33. The number of aryl methyl sites for hydroxylation is 1. The van der Waals surface area contributed by atoms with Crippen molar-refractivity contribution >= 4 is 29.0 Å². The van der Waals surface area contributed by atoms with Gasteiger partial charge in [-0.15, -0.1) is 0 Å². The molecule has 0 bridgehead atoms. The number of carbonyl (C=O) groups is 1. The fraction of sp³-hybridized carbons (Fsp3) is 0.333. The third-order valence-electron chi connectivity index (χ3n) is 3.81. The molecule has 0 spiro atoms. The van der Waals surface area contributed by atoms with Gasteiger partial charge < -0.3 is 9.47 Å². The number of rotatable bonds is 5. The molecule has 3 rings (SSSR count). The van der Waals surface area contributed by atoms with Crippen molar-refractivity contribution in [2.45, 2.75) is 25.0 Å². The van der Waals surface area contributed by atoms with E-state index in [0.717, 1.165) is 23.0 Å². The largest absolute Gasteiger partial charge is 0.326 e. The van der Waals surface area contributed by atoms with Gasteiger partial charge in [0.15, 0.2) is 5.16 Å². The highest BCUT2D eigenvalue weighted by molar-refractivity contribution is 7.99. The number of thioether (sulfide) groups is 1. The molecule has 1 aromatic carbocycles. The van der Waals surface area contributed by atoms with Gasteiger partial charge in [-0.25, -0.2) is 4.98 Å². The SMILES string of the molecule is CCn1ccnc1SCC(=O)N1CCc2cc([N+](=O)[O-])ccc21. The molecule has 0 saturated carbocycles. The van der Waals surface area contributed by atoms with Crippen LogP contribution in [0.1, 0.15) is 12.5 Å². The number of fused-ring (bicyclic) bond motifs is 1. The van der Waals surface area contributed by atoms with Gasteiger partial charge in [0.05, 0.1) is 10.7 Å². The Bertz CT molecular complexity index is 759. The van der Waals surface area contributed by atoms with Crippen LogP contribution >= 0.6 is 11.8 Å². The topological polar surface area (TPSA) is 81.3 Å². The van der Waals surface area contributed by atoms with E-state index in [1.807, 2.05) is 17.7 Å². The van der Waals surface area contributed by atoms with E-state index in [2.05, 4.69) is 4.98 Å². The number of aromatic nitrogens is 2.